The molecule has 0 spiro atoms. The molecule has 0 aromatic rings. The molecule has 0 fully saturated rings. The lowest BCUT2D eigenvalue weighted by Crippen LogP contribution is -2.08. The van der Waals surface area contributed by atoms with Gasteiger partial charge >= 0.3 is 0 Å². The molecule has 0 radical (unpaired) electrons. The molecule has 6 N–H and O–H groups in total. The maximum Gasteiger partial charge on any atom is 0.0540 e. The number of hydrogen-bond acceptors (Lipinski definition) is 6. The van der Waals surface area contributed by atoms with Gasteiger partial charge in [-0.25, -0.2) is 0 Å². The fraction of sp³-hybridized carbons (Fsp3) is 1.00. The van der Waals surface area contributed by atoms with Gasteiger partial charge in [-0.05, 0) is 64.2 Å². The van der Waals surface area contributed by atoms with Crippen LogP contribution in [0.3, 0.4) is 0 Å². The van der Waals surface area contributed by atoms with Gasteiger partial charge in [-0.15, -0.1) is 0 Å². The summed E-state index contributed by atoms with van der Waals surface area (Å²) in [6.45, 7) is 0.575. The summed E-state index contributed by atoms with van der Waals surface area (Å²) in [7, 11) is 0. The van der Waals surface area contributed by atoms with Crippen molar-refractivity contribution in [3.63, 3.8) is 0 Å². The van der Waals surface area contributed by atoms with E-state index in [9.17, 15) is 20.4 Å². The highest BCUT2D eigenvalue weighted by Crippen LogP contribution is 2.18. The van der Waals surface area contributed by atoms with Gasteiger partial charge in [-0.3, -0.25) is 0 Å². The lowest BCUT2D eigenvalue weighted by atomic mass is 9.99. The van der Waals surface area contributed by atoms with Gasteiger partial charge in [-0.2, -0.15) is 0 Å². The molecule has 4 unspecified atom stereocenters. The van der Waals surface area contributed by atoms with E-state index in [4.69, 9.17) is 10.2 Å². The van der Waals surface area contributed by atoms with Gasteiger partial charge < -0.3 is 30.6 Å². The van der Waals surface area contributed by atoms with Gasteiger partial charge in [0.2, 0.25) is 0 Å². The molecule has 6 nitrogen and oxygen atoms in total. The summed E-state index contributed by atoms with van der Waals surface area (Å²) in [5.74, 6) is 0. The van der Waals surface area contributed by atoms with Crippen molar-refractivity contribution in [1.29, 1.82) is 0 Å². The van der Waals surface area contributed by atoms with E-state index in [1.807, 2.05) is 0 Å². The lowest BCUT2D eigenvalue weighted by molar-refractivity contribution is 0.136. The van der Waals surface area contributed by atoms with Gasteiger partial charge in [0.1, 0.15) is 0 Å². The Hall–Kier alpha value is -0.240. The third-order valence-corrected chi connectivity index (χ3v) is 8.62. The Morgan fingerprint density at radius 2 is 0.366 bits per heavy atom. The van der Waals surface area contributed by atoms with Crippen molar-refractivity contribution in [2.45, 2.75) is 211 Å². The van der Waals surface area contributed by atoms with Crippen molar-refractivity contribution < 1.29 is 30.6 Å². The first-order valence-corrected chi connectivity index (χ1v) is 17.9. The summed E-state index contributed by atoms with van der Waals surface area (Å²) >= 11 is 0. The summed E-state index contributed by atoms with van der Waals surface area (Å²) in [6, 6.07) is 0. The Kier molecular flexibility index (Phi) is 32.5. The van der Waals surface area contributed by atoms with E-state index in [-0.39, 0.29) is 37.6 Å². The minimum atomic E-state index is -0.202. The zero-order valence-electron chi connectivity index (χ0n) is 26.9. The van der Waals surface area contributed by atoms with Gasteiger partial charge in [0.05, 0.1) is 24.4 Å². The summed E-state index contributed by atoms with van der Waals surface area (Å²) in [5, 5.41) is 58.3. The number of aliphatic hydroxyl groups is 6. The third kappa shape index (κ3) is 32.5. The van der Waals surface area contributed by atoms with E-state index in [2.05, 4.69) is 0 Å². The molecule has 0 aliphatic heterocycles. The fourth-order valence-corrected chi connectivity index (χ4v) is 5.79. The molecule has 0 aromatic carbocycles. The smallest absolute Gasteiger partial charge is 0.0540 e. The van der Waals surface area contributed by atoms with Crippen LogP contribution in [0.5, 0.6) is 0 Å². The van der Waals surface area contributed by atoms with Crippen LogP contribution in [0.2, 0.25) is 0 Å². The molecule has 248 valence electrons. The quantitative estimate of drug-likeness (QED) is 0.0428. The van der Waals surface area contributed by atoms with E-state index in [0.717, 1.165) is 186 Å². The molecular formula is C35H72O6. The Morgan fingerprint density at radius 3 is 0.561 bits per heavy atom. The summed E-state index contributed by atoms with van der Waals surface area (Å²) < 4.78 is 0. The second-order valence-corrected chi connectivity index (χ2v) is 12.8. The van der Waals surface area contributed by atoms with Crippen molar-refractivity contribution in [2.75, 3.05) is 13.2 Å². The molecule has 0 aliphatic carbocycles. The van der Waals surface area contributed by atoms with E-state index in [1.54, 1.807) is 0 Å². The molecule has 0 aromatic heterocycles. The summed E-state index contributed by atoms with van der Waals surface area (Å²) in [4.78, 5) is 0. The molecule has 0 bridgehead atoms. The van der Waals surface area contributed by atoms with Crippen molar-refractivity contribution >= 4 is 0 Å². The predicted octanol–water partition coefficient (Wildman–Crippen LogP) is 7.73. The van der Waals surface area contributed by atoms with Crippen LogP contribution in [0.15, 0.2) is 0 Å². The lowest BCUT2D eigenvalue weighted by Gasteiger charge is -2.13. The molecule has 0 rings (SSSR count). The van der Waals surface area contributed by atoms with E-state index in [0.29, 0.717) is 0 Å². The largest absolute Gasteiger partial charge is 0.396 e. The minimum Gasteiger partial charge on any atom is -0.396 e. The molecule has 4 atom stereocenters. The van der Waals surface area contributed by atoms with E-state index >= 15 is 0 Å². The zero-order valence-corrected chi connectivity index (χ0v) is 26.9. The first kappa shape index (κ1) is 40.8. The number of rotatable bonds is 34. The fourth-order valence-electron chi connectivity index (χ4n) is 5.79. The molecule has 0 saturated heterocycles. The Labute approximate surface area is 254 Å². The molecule has 6 heteroatoms. The molecule has 0 saturated carbocycles. The highest BCUT2D eigenvalue weighted by molar-refractivity contribution is 4.62. The van der Waals surface area contributed by atoms with Gasteiger partial charge in [0.25, 0.3) is 0 Å². The van der Waals surface area contributed by atoms with Crippen LogP contribution in [-0.2, 0) is 0 Å². The molecular weight excluding hydrogens is 516 g/mol. The van der Waals surface area contributed by atoms with Gasteiger partial charge in [0, 0.05) is 13.2 Å². The Morgan fingerprint density at radius 1 is 0.220 bits per heavy atom. The second-order valence-electron chi connectivity index (χ2n) is 12.8. The first-order chi connectivity index (χ1) is 20.0. The third-order valence-electron chi connectivity index (χ3n) is 8.62. The SMILES string of the molecule is OCCCCCCCC(O)CCCCCCC(O)CCCCCC(O)CCCCCCC(O)CCCCCCCO. The standard InChI is InChI=1S/C35H72O6/c36-30-20-9-1-3-12-22-32(38)24-14-5-7-16-26-34(40)28-18-11-19-29-35(41)27-17-8-6-15-25-33(39)23-13-4-2-10-21-31-37/h32-41H,1-31H2. The van der Waals surface area contributed by atoms with Gasteiger partial charge in [-0.1, -0.05) is 122 Å². The number of hydrogen-bond donors (Lipinski definition) is 6. The molecule has 0 heterocycles. The average Bonchev–Trinajstić information content (AvgIpc) is 2.96. The average molecular weight is 589 g/mol. The van der Waals surface area contributed by atoms with Crippen LogP contribution in [0.25, 0.3) is 0 Å². The van der Waals surface area contributed by atoms with Crippen LogP contribution in [-0.4, -0.2) is 68.3 Å². The van der Waals surface area contributed by atoms with Crippen LogP contribution < -0.4 is 0 Å². The maximum atomic E-state index is 10.3. The normalized spacial score (nSPS) is 14.8. The topological polar surface area (TPSA) is 121 Å². The van der Waals surface area contributed by atoms with Crippen LogP contribution >= 0.6 is 0 Å². The van der Waals surface area contributed by atoms with E-state index < -0.39 is 0 Å². The maximum absolute atomic E-state index is 10.3. The minimum absolute atomic E-state index is 0.170. The number of unbranched alkanes of at least 4 members (excludes halogenated alkanes) is 16. The summed E-state index contributed by atoms with van der Waals surface area (Å²) in [5.41, 5.74) is 0. The first-order valence-electron chi connectivity index (χ1n) is 17.9. The highest BCUT2D eigenvalue weighted by atomic mass is 16.3. The van der Waals surface area contributed by atoms with Crippen LogP contribution in [0.1, 0.15) is 186 Å². The van der Waals surface area contributed by atoms with Crippen molar-refractivity contribution in [2.24, 2.45) is 0 Å². The van der Waals surface area contributed by atoms with Crippen molar-refractivity contribution in [3.8, 4) is 0 Å². The highest BCUT2D eigenvalue weighted by Gasteiger charge is 2.08. The second kappa shape index (κ2) is 32.7. The zero-order chi connectivity index (χ0) is 30.2. The predicted molar refractivity (Wildman–Crippen MR) is 172 cm³/mol. The number of aliphatic hydroxyl groups excluding tert-OH is 6. The monoisotopic (exact) mass is 589 g/mol. The summed E-state index contributed by atoms with van der Waals surface area (Å²) in [6.07, 6.45) is 29.0. The Bertz CT molecular complexity index is 449. The molecule has 41 heavy (non-hydrogen) atoms. The van der Waals surface area contributed by atoms with Crippen LogP contribution in [0, 0.1) is 0 Å². The Balaban J connectivity index is 3.40. The van der Waals surface area contributed by atoms with Crippen molar-refractivity contribution in [3.05, 3.63) is 0 Å². The van der Waals surface area contributed by atoms with Crippen molar-refractivity contribution in [1.82, 2.24) is 0 Å². The van der Waals surface area contributed by atoms with Crippen LogP contribution in [0.4, 0.5) is 0 Å². The van der Waals surface area contributed by atoms with E-state index in [1.165, 1.54) is 0 Å². The van der Waals surface area contributed by atoms with Gasteiger partial charge in [0.15, 0.2) is 0 Å². The molecule has 0 aliphatic rings. The molecule has 0 amide bonds.